The third-order valence-electron chi connectivity index (χ3n) is 4.26. The fourth-order valence-electron chi connectivity index (χ4n) is 3.27. The number of hydrogen-bond acceptors (Lipinski definition) is 4. The molecule has 0 aromatic carbocycles. The molecule has 6 heteroatoms. The van der Waals surface area contributed by atoms with Crippen LogP contribution in [-0.2, 0) is 6.42 Å². The number of nitro groups is 1. The van der Waals surface area contributed by atoms with Gasteiger partial charge in [-0.1, -0.05) is 19.3 Å². The summed E-state index contributed by atoms with van der Waals surface area (Å²) < 4.78 is 0. The molecule has 1 fully saturated rings. The molecule has 1 saturated carbocycles. The molecule has 104 valence electrons. The van der Waals surface area contributed by atoms with Crippen molar-refractivity contribution in [1.82, 2.24) is 9.89 Å². The van der Waals surface area contributed by atoms with E-state index >= 15 is 0 Å². The first-order valence-corrected chi connectivity index (χ1v) is 7.27. The van der Waals surface area contributed by atoms with E-state index in [2.05, 4.69) is 10.5 Å². The largest absolute Gasteiger partial charge is 0.315 e. The average molecular weight is 264 g/mol. The highest BCUT2D eigenvalue weighted by atomic mass is 16.6. The summed E-state index contributed by atoms with van der Waals surface area (Å²) in [5.74, 6) is 0.273. The molecule has 1 aliphatic carbocycles. The minimum Gasteiger partial charge on any atom is -0.310 e. The van der Waals surface area contributed by atoms with Gasteiger partial charge in [-0.15, -0.1) is 5.10 Å². The topological polar surface area (TPSA) is 73.0 Å². The Morgan fingerprint density at radius 1 is 1.21 bits per heavy atom. The van der Waals surface area contributed by atoms with Crippen molar-refractivity contribution in [3.8, 4) is 0 Å². The first-order chi connectivity index (χ1) is 9.27. The van der Waals surface area contributed by atoms with Crippen LogP contribution in [0.2, 0.25) is 0 Å². The van der Waals surface area contributed by atoms with Crippen LogP contribution in [0, 0.1) is 10.1 Å². The molecule has 1 aromatic rings. The molecule has 6 nitrogen and oxygen atoms in total. The van der Waals surface area contributed by atoms with Crippen LogP contribution < -0.4 is 5.43 Å². The molecule has 0 amide bonds. The monoisotopic (exact) mass is 264 g/mol. The minimum absolute atomic E-state index is 0.226. The molecular formula is C13H20N4O2. The quantitative estimate of drug-likeness (QED) is 0.658. The highest BCUT2D eigenvalue weighted by Gasteiger charge is 2.33. The minimum atomic E-state index is -0.226. The first-order valence-electron chi connectivity index (χ1n) is 7.27. The van der Waals surface area contributed by atoms with E-state index in [1.165, 1.54) is 6.42 Å². The molecule has 0 bridgehead atoms. The highest BCUT2D eigenvalue weighted by molar-refractivity contribution is 5.44. The molecular weight excluding hydrogens is 244 g/mol. The molecule has 0 unspecified atom stereocenters. The van der Waals surface area contributed by atoms with Gasteiger partial charge in [-0.3, -0.25) is 10.1 Å². The van der Waals surface area contributed by atoms with Crippen molar-refractivity contribution >= 4 is 5.69 Å². The summed E-state index contributed by atoms with van der Waals surface area (Å²) in [5, 5.41) is 16.0. The summed E-state index contributed by atoms with van der Waals surface area (Å²) in [6.07, 6.45) is 8.44. The van der Waals surface area contributed by atoms with Crippen LogP contribution >= 0.6 is 0 Å². The Morgan fingerprint density at radius 2 is 2.00 bits per heavy atom. The van der Waals surface area contributed by atoms with E-state index in [-0.39, 0.29) is 16.5 Å². The lowest BCUT2D eigenvalue weighted by Crippen LogP contribution is -2.17. The Bertz CT molecular complexity index is 477. The summed E-state index contributed by atoms with van der Waals surface area (Å²) in [7, 11) is 0. The van der Waals surface area contributed by atoms with Gasteiger partial charge in [0, 0.05) is 12.5 Å². The number of nitrogens with zero attached hydrogens (tertiary/aromatic N) is 3. The van der Waals surface area contributed by atoms with Crippen molar-refractivity contribution in [3.63, 3.8) is 0 Å². The Morgan fingerprint density at radius 3 is 2.74 bits per heavy atom. The number of hydrogen-bond donors (Lipinski definition) is 1. The van der Waals surface area contributed by atoms with Crippen LogP contribution in [0.15, 0.2) is 0 Å². The van der Waals surface area contributed by atoms with Crippen LogP contribution in [0.3, 0.4) is 0 Å². The summed E-state index contributed by atoms with van der Waals surface area (Å²) in [6.45, 7) is 0.843. The maximum Gasteiger partial charge on any atom is 0.315 e. The van der Waals surface area contributed by atoms with E-state index in [0.717, 1.165) is 57.2 Å². The van der Waals surface area contributed by atoms with E-state index in [1.54, 1.807) is 4.79 Å². The zero-order chi connectivity index (χ0) is 13.2. The maximum absolute atomic E-state index is 11.4. The summed E-state index contributed by atoms with van der Waals surface area (Å²) in [4.78, 5) is 12.9. The van der Waals surface area contributed by atoms with Crippen LogP contribution in [0.25, 0.3) is 0 Å². The van der Waals surface area contributed by atoms with Crippen molar-refractivity contribution in [3.05, 3.63) is 21.5 Å². The average Bonchev–Trinajstić information content (AvgIpc) is 2.64. The second kappa shape index (κ2) is 5.19. The second-order valence-corrected chi connectivity index (χ2v) is 5.55. The molecule has 0 atom stereocenters. The van der Waals surface area contributed by atoms with E-state index in [0.29, 0.717) is 5.69 Å². The van der Waals surface area contributed by atoms with E-state index < -0.39 is 0 Å². The van der Waals surface area contributed by atoms with Gasteiger partial charge in [0.05, 0.1) is 4.92 Å². The molecule has 1 aliphatic heterocycles. The number of rotatable bonds is 2. The predicted molar refractivity (Wildman–Crippen MR) is 71.9 cm³/mol. The molecule has 1 aromatic heterocycles. The van der Waals surface area contributed by atoms with Gasteiger partial charge in [-0.05, 0) is 32.1 Å². The number of aromatic nitrogens is 2. The Kier molecular flexibility index (Phi) is 3.40. The molecule has 0 radical (unpaired) electrons. The standard InChI is InChI=1S/C13H20N4O2/c18-17(19)13-11-8-4-5-9-14-16(11)15-12(13)10-6-2-1-3-7-10/h10,14H,1-9H2. The van der Waals surface area contributed by atoms with Crippen molar-refractivity contribution in [2.24, 2.45) is 0 Å². The lowest BCUT2D eigenvalue weighted by atomic mass is 9.86. The van der Waals surface area contributed by atoms with Gasteiger partial charge in [-0.25, -0.2) is 0 Å². The van der Waals surface area contributed by atoms with E-state index in [9.17, 15) is 10.1 Å². The fraction of sp³-hybridized carbons (Fsp3) is 0.769. The smallest absolute Gasteiger partial charge is 0.310 e. The normalized spacial score (nSPS) is 20.4. The number of nitrogens with one attached hydrogen (secondary N) is 1. The van der Waals surface area contributed by atoms with Gasteiger partial charge >= 0.3 is 5.69 Å². The lowest BCUT2D eigenvalue weighted by molar-refractivity contribution is -0.386. The Balaban J connectivity index is 2.00. The molecule has 19 heavy (non-hydrogen) atoms. The van der Waals surface area contributed by atoms with Crippen molar-refractivity contribution < 1.29 is 4.92 Å². The summed E-state index contributed by atoms with van der Waals surface area (Å²) >= 11 is 0. The predicted octanol–water partition coefficient (Wildman–Crippen LogP) is 2.72. The SMILES string of the molecule is O=[N+]([O-])c1c(C2CCCCC2)nn2c1CCCCN2. The van der Waals surface area contributed by atoms with E-state index in [1.807, 2.05) is 0 Å². The maximum atomic E-state index is 11.4. The fourth-order valence-corrected chi connectivity index (χ4v) is 3.27. The summed E-state index contributed by atoms with van der Waals surface area (Å²) in [6, 6.07) is 0. The molecule has 2 heterocycles. The van der Waals surface area contributed by atoms with Gasteiger partial charge < -0.3 is 5.43 Å². The van der Waals surface area contributed by atoms with Crippen LogP contribution in [-0.4, -0.2) is 21.4 Å². The Hall–Kier alpha value is -1.59. The van der Waals surface area contributed by atoms with E-state index in [4.69, 9.17) is 0 Å². The van der Waals surface area contributed by atoms with Crippen LogP contribution in [0.5, 0.6) is 0 Å². The van der Waals surface area contributed by atoms with Crippen molar-refractivity contribution in [1.29, 1.82) is 0 Å². The third kappa shape index (κ3) is 2.31. The third-order valence-corrected chi connectivity index (χ3v) is 4.26. The van der Waals surface area contributed by atoms with Crippen molar-refractivity contribution in [2.75, 3.05) is 12.0 Å². The highest BCUT2D eigenvalue weighted by Crippen LogP contribution is 2.38. The lowest BCUT2D eigenvalue weighted by Gasteiger charge is -2.19. The van der Waals surface area contributed by atoms with Gasteiger partial charge in [0.15, 0.2) is 0 Å². The first kappa shape index (κ1) is 12.4. The second-order valence-electron chi connectivity index (χ2n) is 5.55. The van der Waals surface area contributed by atoms with Crippen LogP contribution in [0.4, 0.5) is 5.69 Å². The number of fused-ring (bicyclic) bond motifs is 1. The zero-order valence-electron chi connectivity index (χ0n) is 11.1. The van der Waals surface area contributed by atoms with Gasteiger partial charge in [0.2, 0.25) is 0 Å². The van der Waals surface area contributed by atoms with Gasteiger partial charge in [0.25, 0.3) is 0 Å². The van der Waals surface area contributed by atoms with Crippen LogP contribution in [0.1, 0.15) is 62.3 Å². The molecule has 3 rings (SSSR count). The van der Waals surface area contributed by atoms with Crippen molar-refractivity contribution in [2.45, 2.75) is 57.3 Å². The molecule has 0 saturated heterocycles. The van der Waals surface area contributed by atoms with Gasteiger partial charge in [-0.2, -0.15) is 4.79 Å². The van der Waals surface area contributed by atoms with Gasteiger partial charge in [0.1, 0.15) is 11.4 Å². The molecule has 1 N–H and O–H groups in total. The summed E-state index contributed by atoms with van der Waals surface area (Å²) in [5.41, 5.74) is 4.94. The zero-order valence-corrected chi connectivity index (χ0v) is 11.1. The Labute approximate surface area is 112 Å². The molecule has 0 spiro atoms. The molecule has 2 aliphatic rings.